The summed E-state index contributed by atoms with van der Waals surface area (Å²) in [6.07, 6.45) is 1.76. The maximum Gasteiger partial charge on any atom is 0.268 e. The Morgan fingerprint density at radius 3 is 2.43 bits per heavy atom. The number of amides is 1. The lowest BCUT2D eigenvalue weighted by atomic mass is 9.92. The smallest absolute Gasteiger partial charge is 0.268 e. The number of para-hydroxylation sites is 2. The largest absolute Gasteiger partial charge is 0.322 e. The van der Waals surface area contributed by atoms with Gasteiger partial charge in [0.2, 0.25) is 0 Å². The molecule has 28 heavy (non-hydrogen) atoms. The van der Waals surface area contributed by atoms with Gasteiger partial charge in [-0.2, -0.15) is 0 Å². The van der Waals surface area contributed by atoms with Gasteiger partial charge < -0.3 is 5.32 Å². The normalized spacial score (nSPS) is 13.1. The number of hydrogen-bond acceptors (Lipinski definition) is 3. The van der Waals surface area contributed by atoms with Crippen molar-refractivity contribution in [3.63, 3.8) is 0 Å². The standard InChI is InChI=1S/C23H20N2O3/c1-15-8-5-6-11-19(15)24-22(27)18-14-17-20(12-7-13-21(17)26)25(23(18)28)16-9-3-2-4-10-16/h2-6,8-11,14H,7,12-13H2,1H3,(H,24,27). The first-order chi connectivity index (χ1) is 13.6. The third kappa shape index (κ3) is 3.16. The van der Waals surface area contributed by atoms with Crippen LogP contribution in [0.5, 0.6) is 0 Å². The van der Waals surface area contributed by atoms with Gasteiger partial charge in [0.15, 0.2) is 5.78 Å². The molecule has 0 atom stereocenters. The van der Waals surface area contributed by atoms with Gasteiger partial charge >= 0.3 is 0 Å². The van der Waals surface area contributed by atoms with Crippen LogP contribution in [0.4, 0.5) is 5.69 Å². The van der Waals surface area contributed by atoms with Gasteiger partial charge in [0, 0.05) is 29.1 Å². The average Bonchev–Trinajstić information content (AvgIpc) is 2.70. The fraction of sp³-hybridized carbons (Fsp3) is 0.174. The fourth-order valence-electron chi connectivity index (χ4n) is 3.61. The molecular weight excluding hydrogens is 352 g/mol. The summed E-state index contributed by atoms with van der Waals surface area (Å²) < 4.78 is 1.51. The van der Waals surface area contributed by atoms with Crippen LogP contribution in [0.25, 0.3) is 5.69 Å². The molecule has 5 heteroatoms. The predicted molar refractivity (Wildman–Crippen MR) is 108 cm³/mol. The predicted octanol–water partition coefficient (Wildman–Crippen LogP) is 3.92. The maximum atomic E-state index is 13.3. The lowest BCUT2D eigenvalue weighted by Gasteiger charge is -2.21. The van der Waals surface area contributed by atoms with E-state index in [9.17, 15) is 14.4 Å². The van der Waals surface area contributed by atoms with Crippen LogP contribution in [-0.2, 0) is 6.42 Å². The number of rotatable bonds is 3. The second-order valence-electron chi connectivity index (χ2n) is 6.94. The van der Waals surface area contributed by atoms with Crippen molar-refractivity contribution in [1.82, 2.24) is 4.57 Å². The monoisotopic (exact) mass is 372 g/mol. The van der Waals surface area contributed by atoms with E-state index in [2.05, 4.69) is 5.32 Å². The molecule has 5 nitrogen and oxygen atoms in total. The first kappa shape index (κ1) is 17.9. The zero-order valence-electron chi connectivity index (χ0n) is 15.6. The van der Waals surface area contributed by atoms with E-state index in [1.165, 1.54) is 10.6 Å². The number of aryl methyl sites for hydroxylation is 1. The van der Waals surface area contributed by atoms with Crippen molar-refractivity contribution in [2.45, 2.75) is 26.2 Å². The average molecular weight is 372 g/mol. The van der Waals surface area contributed by atoms with Crippen molar-refractivity contribution in [2.75, 3.05) is 5.32 Å². The summed E-state index contributed by atoms with van der Waals surface area (Å²) >= 11 is 0. The summed E-state index contributed by atoms with van der Waals surface area (Å²) in [5, 5.41) is 2.80. The minimum atomic E-state index is -0.509. The molecule has 0 saturated heterocycles. The van der Waals surface area contributed by atoms with Crippen LogP contribution in [0.3, 0.4) is 0 Å². The summed E-state index contributed by atoms with van der Waals surface area (Å²) in [6, 6.07) is 18.0. The van der Waals surface area contributed by atoms with Gasteiger partial charge in [-0.3, -0.25) is 19.0 Å². The van der Waals surface area contributed by atoms with E-state index in [0.717, 1.165) is 5.56 Å². The Labute approximate surface area is 162 Å². The Morgan fingerprint density at radius 2 is 1.68 bits per heavy atom. The Balaban J connectivity index is 1.88. The van der Waals surface area contributed by atoms with Crippen molar-refractivity contribution >= 4 is 17.4 Å². The molecule has 1 aromatic heterocycles. The topological polar surface area (TPSA) is 68.2 Å². The Hall–Kier alpha value is -3.47. The number of nitrogens with zero attached hydrogens (tertiary/aromatic N) is 1. The lowest BCUT2D eigenvalue weighted by molar-refractivity contribution is 0.0971. The molecule has 0 fully saturated rings. The van der Waals surface area contributed by atoms with E-state index in [1.54, 1.807) is 6.07 Å². The van der Waals surface area contributed by atoms with Crippen molar-refractivity contribution in [3.8, 4) is 5.69 Å². The number of carbonyl (C=O) groups excluding carboxylic acids is 2. The van der Waals surface area contributed by atoms with Gasteiger partial charge in [-0.25, -0.2) is 0 Å². The van der Waals surface area contributed by atoms with Crippen molar-refractivity contribution < 1.29 is 9.59 Å². The van der Waals surface area contributed by atoms with Gasteiger partial charge in [-0.05, 0) is 49.6 Å². The van der Waals surface area contributed by atoms with Crippen molar-refractivity contribution in [1.29, 1.82) is 0 Å². The van der Waals surface area contributed by atoms with Crippen molar-refractivity contribution in [2.24, 2.45) is 0 Å². The van der Waals surface area contributed by atoms with E-state index < -0.39 is 11.5 Å². The Morgan fingerprint density at radius 1 is 0.964 bits per heavy atom. The fourth-order valence-corrected chi connectivity index (χ4v) is 3.61. The van der Waals surface area contributed by atoms with E-state index in [4.69, 9.17) is 0 Å². The van der Waals surface area contributed by atoms with Crippen LogP contribution in [0.2, 0.25) is 0 Å². The number of benzene rings is 2. The molecule has 2 aromatic carbocycles. The zero-order valence-corrected chi connectivity index (χ0v) is 15.6. The second kappa shape index (κ2) is 7.27. The summed E-state index contributed by atoms with van der Waals surface area (Å²) in [4.78, 5) is 38.7. The highest BCUT2D eigenvalue weighted by Crippen LogP contribution is 2.24. The molecular formula is C23H20N2O3. The number of pyridine rings is 1. The third-order valence-corrected chi connectivity index (χ3v) is 5.07. The highest BCUT2D eigenvalue weighted by atomic mass is 16.2. The molecule has 1 N–H and O–H groups in total. The number of nitrogens with one attached hydrogen (secondary N) is 1. The Bertz CT molecular complexity index is 1130. The molecule has 0 radical (unpaired) electrons. The molecule has 0 saturated carbocycles. The number of fused-ring (bicyclic) bond motifs is 1. The highest BCUT2D eigenvalue weighted by molar-refractivity contribution is 6.07. The van der Waals surface area contributed by atoms with Crippen LogP contribution in [-0.4, -0.2) is 16.3 Å². The quantitative estimate of drug-likeness (QED) is 0.758. The number of ketones is 1. The number of anilines is 1. The van der Waals surface area contributed by atoms with Gasteiger partial charge in [-0.1, -0.05) is 36.4 Å². The second-order valence-corrected chi connectivity index (χ2v) is 6.94. The molecule has 3 aromatic rings. The van der Waals surface area contributed by atoms with Gasteiger partial charge in [0.05, 0.1) is 0 Å². The summed E-state index contributed by atoms with van der Waals surface area (Å²) in [5.74, 6) is -0.541. The van der Waals surface area contributed by atoms with Gasteiger partial charge in [-0.15, -0.1) is 0 Å². The number of carbonyl (C=O) groups is 2. The van der Waals surface area contributed by atoms with Crippen molar-refractivity contribution in [3.05, 3.63) is 93.4 Å². The highest BCUT2D eigenvalue weighted by Gasteiger charge is 2.26. The summed E-state index contributed by atoms with van der Waals surface area (Å²) in [5.41, 5.74) is 2.90. The lowest BCUT2D eigenvalue weighted by Crippen LogP contribution is -2.33. The molecule has 0 unspecified atom stereocenters. The minimum absolute atomic E-state index is 0.0268. The van der Waals surface area contributed by atoms with Crippen LogP contribution in [0, 0.1) is 6.92 Å². The first-order valence-electron chi connectivity index (χ1n) is 9.31. The number of Topliss-reactive ketones (excluding diaryl/α,β-unsaturated/α-hetero) is 1. The third-order valence-electron chi connectivity index (χ3n) is 5.07. The number of hydrogen-bond donors (Lipinski definition) is 1. The maximum absolute atomic E-state index is 13.3. The van der Waals surface area contributed by atoms with Crippen LogP contribution in [0.15, 0.2) is 65.5 Å². The molecule has 1 aliphatic rings. The van der Waals surface area contributed by atoms with Crippen LogP contribution < -0.4 is 10.9 Å². The van der Waals surface area contributed by atoms with E-state index in [1.807, 2.05) is 55.5 Å². The van der Waals surface area contributed by atoms with E-state index in [-0.39, 0.29) is 11.3 Å². The minimum Gasteiger partial charge on any atom is -0.322 e. The summed E-state index contributed by atoms with van der Waals surface area (Å²) in [6.45, 7) is 1.88. The molecule has 1 amide bonds. The molecule has 140 valence electrons. The van der Waals surface area contributed by atoms with Gasteiger partial charge in [0.25, 0.3) is 11.5 Å². The Kier molecular flexibility index (Phi) is 4.65. The number of aromatic nitrogens is 1. The zero-order chi connectivity index (χ0) is 19.7. The SMILES string of the molecule is Cc1ccccc1NC(=O)c1cc2c(n(-c3ccccc3)c1=O)CCCC2=O. The molecule has 0 aliphatic heterocycles. The molecule has 1 heterocycles. The first-order valence-corrected chi connectivity index (χ1v) is 9.31. The molecule has 1 aliphatic carbocycles. The summed E-state index contributed by atoms with van der Waals surface area (Å²) in [7, 11) is 0. The molecule has 0 spiro atoms. The van der Waals surface area contributed by atoms with Gasteiger partial charge in [0.1, 0.15) is 5.56 Å². The molecule has 0 bridgehead atoms. The van der Waals surface area contributed by atoms with E-state index in [0.29, 0.717) is 41.9 Å². The van der Waals surface area contributed by atoms with E-state index >= 15 is 0 Å². The molecule has 4 rings (SSSR count). The van der Waals surface area contributed by atoms with Crippen LogP contribution >= 0.6 is 0 Å². The van der Waals surface area contributed by atoms with Crippen LogP contribution in [0.1, 0.15) is 44.8 Å².